The molecule has 0 saturated heterocycles. The van der Waals surface area contributed by atoms with Crippen LogP contribution in [0.1, 0.15) is 13.8 Å². The number of amides is 1. The van der Waals surface area contributed by atoms with E-state index in [2.05, 4.69) is 0 Å². The highest BCUT2D eigenvalue weighted by Gasteiger charge is 2.36. The van der Waals surface area contributed by atoms with Crippen molar-refractivity contribution in [3.05, 3.63) is 24.3 Å². The lowest BCUT2D eigenvalue weighted by molar-refractivity contribution is -0.140. The van der Waals surface area contributed by atoms with Crippen LogP contribution in [-0.4, -0.2) is 29.1 Å². The molecule has 0 bridgehead atoms. The molecule has 2 atom stereocenters. The Balaban J connectivity index is 2.49. The second-order valence-electron chi connectivity index (χ2n) is 3.95. The Kier molecular flexibility index (Phi) is 2.75. The van der Waals surface area contributed by atoms with Crippen LogP contribution in [0.4, 0.5) is 5.69 Å². The number of carbonyl (C=O) groups excluding carboxylic acids is 1. The summed E-state index contributed by atoms with van der Waals surface area (Å²) in [5, 5.41) is 9.03. The number of nitrogens with zero attached hydrogens (tertiary/aromatic N) is 1. The van der Waals surface area contributed by atoms with Crippen LogP contribution in [0.2, 0.25) is 0 Å². The summed E-state index contributed by atoms with van der Waals surface area (Å²) >= 11 is 0. The predicted octanol–water partition coefficient (Wildman–Crippen LogP) is 1.27. The van der Waals surface area contributed by atoms with E-state index in [-0.39, 0.29) is 5.91 Å². The van der Waals surface area contributed by atoms with Crippen LogP contribution in [0.15, 0.2) is 24.3 Å². The lowest BCUT2D eigenvalue weighted by Crippen LogP contribution is -2.51. The van der Waals surface area contributed by atoms with E-state index in [1.165, 1.54) is 11.8 Å². The molecule has 1 N–H and O–H groups in total. The lowest BCUT2D eigenvalue weighted by Gasteiger charge is -2.35. The molecule has 2 rings (SSSR count). The van der Waals surface area contributed by atoms with Gasteiger partial charge in [-0.15, -0.1) is 0 Å². The van der Waals surface area contributed by atoms with Crippen LogP contribution in [-0.2, 0) is 9.59 Å². The van der Waals surface area contributed by atoms with Gasteiger partial charge in [-0.05, 0) is 26.0 Å². The molecule has 0 fully saturated rings. The molecule has 0 spiro atoms. The first-order valence-corrected chi connectivity index (χ1v) is 5.34. The monoisotopic (exact) mass is 235 g/mol. The van der Waals surface area contributed by atoms with Gasteiger partial charge in [-0.25, -0.2) is 4.79 Å². The summed E-state index contributed by atoms with van der Waals surface area (Å²) in [6, 6.07) is 6.02. The van der Waals surface area contributed by atoms with E-state index < -0.39 is 18.1 Å². The van der Waals surface area contributed by atoms with Crippen LogP contribution >= 0.6 is 0 Å². The highest BCUT2D eigenvalue weighted by molar-refractivity contribution is 6.03. The topological polar surface area (TPSA) is 66.8 Å². The molecule has 5 heteroatoms. The fourth-order valence-corrected chi connectivity index (χ4v) is 1.82. The standard InChI is InChI=1S/C12H13NO4/c1-7(12(15)16)13-9-5-3-4-6-10(9)17-8(2)11(13)14/h3-8H,1-2H3,(H,15,16)/t7-,8-/m0/s1. The van der Waals surface area contributed by atoms with Crippen molar-refractivity contribution >= 4 is 17.6 Å². The molecule has 1 aliphatic rings. The highest BCUT2D eigenvalue weighted by atomic mass is 16.5. The number of carboxylic acids is 1. The average molecular weight is 235 g/mol. The third kappa shape index (κ3) is 1.84. The normalized spacial score (nSPS) is 20.5. The summed E-state index contributed by atoms with van der Waals surface area (Å²) in [5.74, 6) is -0.839. The summed E-state index contributed by atoms with van der Waals surface area (Å²) in [5.41, 5.74) is 0.505. The molecule has 0 radical (unpaired) electrons. The Hall–Kier alpha value is -2.04. The number of rotatable bonds is 2. The summed E-state index contributed by atoms with van der Waals surface area (Å²) in [6.45, 7) is 3.09. The van der Waals surface area contributed by atoms with Crippen molar-refractivity contribution in [1.29, 1.82) is 0 Å². The summed E-state index contributed by atoms with van der Waals surface area (Å²) in [7, 11) is 0. The van der Waals surface area contributed by atoms with Crippen LogP contribution in [0, 0.1) is 0 Å². The molecule has 1 heterocycles. The largest absolute Gasteiger partial charge is 0.480 e. The number of benzene rings is 1. The van der Waals surface area contributed by atoms with Crippen molar-refractivity contribution in [3.8, 4) is 5.75 Å². The molecular formula is C12H13NO4. The molecule has 0 aromatic heterocycles. The van der Waals surface area contributed by atoms with Crippen LogP contribution in [0.25, 0.3) is 0 Å². The molecule has 1 aromatic rings. The zero-order valence-electron chi connectivity index (χ0n) is 9.58. The Morgan fingerprint density at radius 3 is 2.76 bits per heavy atom. The third-order valence-corrected chi connectivity index (χ3v) is 2.76. The fourth-order valence-electron chi connectivity index (χ4n) is 1.82. The SMILES string of the molecule is C[C@@H]1Oc2ccccc2N([C@@H](C)C(=O)O)C1=O. The van der Waals surface area contributed by atoms with E-state index in [1.807, 2.05) is 0 Å². The molecular weight excluding hydrogens is 222 g/mol. The first-order chi connectivity index (χ1) is 8.02. The molecule has 0 saturated carbocycles. The molecule has 1 aromatic carbocycles. The maximum Gasteiger partial charge on any atom is 0.326 e. The van der Waals surface area contributed by atoms with Gasteiger partial charge in [0, 0.05) is 0 Å². The van der Waals surface area contributed by atoms with Gasteiger partial charge in [0.05, 0.1) is 5.69 Å². The van der Waals surface area contributed by atoms with Crippen molar-refractivity contribution in [2.75, 3.05) is 4.90 Å². The number of hydrogen-bond acceptors (Lipinski definition) is 3. The van der Waals surface area contributed by atoms with Gasteiger partial charge in [0.25, 0.3) is 5.91 Å². The van der Waals surface area contributed by atoms with Gasteiger partial charge < -0.3 is 9.84 Å². The third-order valence-electron chi connectivity index (χ3n) is 2.76. The minimum atomic E-state index is -1.04. The second kappa shape index (κ2) is 4.08. The maximum atomic E-state index is 12.0. The van der Waals surface area contributed by atoms with E-state index in [9.17, 15) is 9.59 Å². The van der Waals surface area contributed by atoms with Crippen LogP contribution in [0.3, 0.4) is 0 Å². The first kappa shape index (κ1) is 11.4. The number of fused-ring (bicyclic) bond motifs is 1. The maximum absolute atomic E-state index is 12.0. The summed E-state index contributed by atoms with van der Waals surface area (Å²) in [4.78, 5) is 24.3. The quantitative estimate of drug-likeness (QED) is 0.838. The fraction of sp³-hybridized carbons (Fsp3) is 0.333. The minimum Gasteiger partial charge on any atom is -0.480 e. The van der Waals surface area contributed by atoms with Gasteiger partial charge >= 0.3 is 5.97 Å². The van der Waals surface area contributed by atoms with Crippen LogP contribution < -0.4 is 9.64 Å². The Labute approximate surface area is 98.6 Å². The molecule has 90 valence electrons. The van der Waals surface area contributed by atoms with Gasteiger partial charge in [-0.1, -0.05) is 12.1 Å². The average Bonchev–Trinajstić information content (AvgIpc) is 2.30. The van der Waals surface area contributed by atoms with E-state index in [0.717, 1.165) is 0 Å². The molecule has 1 aliphatic heterocycles. The summed E-state index contributed by atoms with van der Waals surface area (Å²) < 4.78 is 5.42. The molecule has 0 aliphatic carbocycles. The zero-order valence-corrected chi connectivity index (χ0v) is 9.58. The van der Waals surface area contributed by atoms with Crippen molar-refractivity contribution in [3.63, 3.8) is 0 Å². The van der Waals surface area contributed by atoms with Gasteiger partial charge in [-0.2, -0.15) is 0 Å². The Morgan fingerprint density at radius 1 is 1.47 bits per heavy atom. The van der Waals surface area contributed by atoms with Crippen LogP contribution in [0.5, 0.6) is 5.75 Å². The number of carbonyl (C=O) groups is 2. The van der Waals surface area contributed by atoms with E-state index in [4.69, 9.17) is 9.84 Å². The minimum absolute atomic E-state index is 0.335. The summed E-state index contributed by atoms with van der Waals surface area (Å²) in [6.07, 6.45) is -0.660. The smallest absolute Gasteiger partial charge is 0.326 e. The highest BCUT2D eigenvalue weighted by Crippen LogP contribution is 2.34. The van der Waals surface area contributed by atoms with Crippen molar-refractivity contribution in [1.82, 2.24) is 0 Å². The van der Waals surface area contributed by atoms with Gasteiger partial charge in [-0.3, -0.25) is 9.69 Å². The van der Waals surface area contributed by atoms with Gasteiger partial charge in [0.1, 0.15) is 11.8 Å². The number of para-hydroxylation sites is 2. The number of ether oxygens (including phenoxy) is 1. The zero-order chi connectivity index (χ0) is 12.6. The van der Waals surface area contributed by atoms with Crippen molar-refractivity contribution < 1.29 is 19.4 Å². The number of anilines is 1. The number of carboxylic acid groups (broad SMARTS) is 1. The number of aliphatic carboxylic acids is 1. The van der Waals surface area contributed by atoms with E-state index >= 15 is 0 Å². The van der Waals surface area contributed by atoms with Gasteiger partial charge in [0.2, 0.25) is 0 Å². The second-order valence-corrected chi connectivity index (χ2v) is 3.95. The molecule has 5 nitrogen and oxygen atoms in total. The molecule has 0 unspecified atom stereocenters. The van der Waals surface area contributed by atoms with E-state index in [1.54, 1.807) is 31.2 Å². The van der Waals surface area contributed by atoms with Crippen molar-refractivity contribution in [2.24, 2.45) is 0 Å². The van der Waals surface area contributed by atoms with Crippen molar-refractivity contribution in [2.45, 2.75) is 26.0 Å². The number of hydrogen-bond donors (Lipinski definition) is 1. The first-order valence-electron chi connectivity index (χ1n) is 5.34. The molecule has 1 amide bonds. The van der Waals surface area contributed by atoms with Gasteiger partial charge in [0.15, 0.2) is 6.10 Å². The Bertz CT molecular complexity index is 471. The predicted molar refractivity (Wildman–Crippen MR) is 61.1 cm³/mol. The Morgan fingerprint density at radius 2 is 2.12 bits per heavy atom. The van der Waals surface area contributed by atoms with E-state index in [0.29, 0.717) is 11.4 Å². The molecule has 17 heavy (non-hydrogen) atoms. The lowest BCUT2D eigenvalue weighted by atomic mass is 10.1.